The minimum Gasteiger partial charge on any atom is -0.512 e. The molecule has 0 atom stereocenters. The number of nitrogens with two attached hydrogens (primary N) is 1. The second-order valence-electron chi connectivity index (χ2n) is 7.16. The van der Waals surface area contributed by atoms with Crippen molar-refractivity contribution in [2.24, 2.45) is 5.14 Å². The van der Waals surface area contributed by atoms with Gasteiger partial charge in [-0.05, 0) is 60.3 Å². The van der Waals surface area contributed by atoms with Crippen LogP contribution in [0.1, 0.15) is 25.0 Å². The van der Waals surface area contributed by atoms with E-state index in [4.69, 9.17) is 19.0 Å². The molecule has 0 spiro atoms. The van der Waals surface area contributed by atoms with E-state index in [0.29, 0.717) is 12.4 Å². The molecular formula is C24H25NO4S. The van der Waals surface area contributed by atoms with Crippen molar-refractivity contribution in [1.29, 1.82) is 0 Å². The molecule has 2 aromatic carbocycles. The average molecular weight is 424 g/mol. The van der Waals surface area contributed by atoms with Crippen LogP contribution in [0.5, 0.6) is 11.5 Å². The lowest BCUT2D eigenvalue weighted by Gasteiger charge is -2.07. The van der Waals surface area contributed by atoms with Crippen molar-refractivity contribution >= 4 is 22.9 Å². The Morgan fingerprint density at radius 3 is 2.63 bits per heavy atom. The first-order chi connectivity index (χ1) is 14.7. The normalized spacial score (nSPS) is 15.5. The van der Waals surface area contributed by atoms with Crippen LogP contribution in [-0.2, 0) is 6.42 Å². The molecule has 0 amide bonds. The lowest BCUT2D eigenvalue weighted by atomic mass is 10.0. The maximum absolute atomic E-state index is 9.49. The van der Waals surface area contributed by atoms with Crippen molar-refractivity contribution in [3.8, 4) is 11.5 Å². The summed E-state index contributed by atoms with van der Waals surface area (Å²) in [5, 5.41) is 16.1. The summed E-state index contributed by atoms with van der Waals surface area (Å²) in [4.78, 5) is 0.990. The molecule has 2 aliphatic rings. The maximum Gasteiger partial charge on any atom is 0.162 e. The molecule has 30 heavy (non-hydrogen) atoms. The lowest BCUT2D eigenvalue weighted by Crippen LogP contribution is -1.97. The maximum atomic E-state index is 9.49. The zero-order valence-electron chi connectivity index (χ0n) is 16.7. The van der Waals surface area contributed by atoms with Gasteiger partial charge in [-0.2, -0.15) is 0 Å². The predicted octanol–water partition coefficient (Wildman–Crippen LogP) is 5.95. The van der Waals surface area contributed by atoms with Gasteiger partial charge in [0.25, 0.3) is 0 Å². The van der Waals surface area contributed by atoms with Crippen LogP contribution < -0.4 is 14.6 Å². The molecule has 0 unspecified atom stereocenters. The standard InChI is InChI=1S/C15H14O2.C9H11NO2S/c16-13-6-3-4-11(8-13)9-14-10-12-5-1-2-7-15(12)17-14;10-13-7-2-3-8-9(6-7)12-5-1-4-11-8/h1-2,4-5,7-8,10,16H,3,6,9H2;2-3,6H,1,4-5,10H2. The highest BCUT2D eigenvalue weighted by Crippen LogP contribution is 2.32. The topological polar surface area (TPSA) is 77.9 Å². The fraction of sp³-hybridized carbons (Fsp3) is 0.250. The summed E-state index contributed by atoms with van der Waals surface area (Å²) < 4.78 is 16.7. The largest absolute Gasteiger partial charge is 0.512 e. The number of para-hydroxylation sites is 1. The number of aliphatic hydroxyl groups is 1. The number of rotatable bonds is 3. The van der Waals surface area contributed by atoms with E-state index in [2.05, 4.69) is 12.1 Å². The zero-order valence-corrected chi connectivity index (χ0v) is 17.5. The van der Waals surface area contributed by atoms with E-state index in [9.17, 15) is 5.11 Å². The minimum atomic E-state index is 0.471. The number of benzene rings is 2. The zero-order chi connectivity index (χ0) is 20.8. The van der Waals surface area contributed by atoms with E-state index in [1.807, 2.05) is 48.5 Å². The predicted molar refractivity (Wildman–Crippen MR) is 120 cm³/mol. The molecule has 1 aliphatic heterocycles. The summed E-state index contributed by atoms with van der Waals surface area (Å²) in [6, 6.07) is 15.8. The third-order valence-corrected chi connectivity index (χ3v) is 5.40. The average Bonchev–Trinajstić information content (AvgIpc) is 3.01. The van der Waals surface area contributed by atoms with Crippen LogP contribution in [0.15, 0.2) is 81.3 Å². The second kappa shape index (κ2) is 9.78. The summed E-state index contributed by atoms with van der Waals surface area (Å²) >= 11 is 1.21. The van der Waals surface area contributed by atoms with E-state index in [1.54, 1.807) is 0 Å². The third-order valence-electron chi connectivity index (χ3n) is 4.87. The van der Waals surface area contributed by atoms with Crippen LogP contribution in [0.2, 0.25) is 0 Å². The van der Waals surface area contributed by atoms with E-state index in [0.717, 1.165) is 71.0 Å². The van der Waals surface area contributed by atoms with Gasteiger partial charge in [0.05, 0.1) is 19.0 Å². The van der Waals surface area contributed by atoms with Crippen molar-refractivity contribution in [2.75, 3.05) is 13.2 Å². The van der Waals surface area contributed by atoms with Gasteiger partial charge in [0.15, 0.2) is 11.5 Å². The molecule has 5 nitrogen and oxygen atoms in total. The monoisotopic (exact) mass is 423 g/mol. The van der Waals surface area contributed by atoms with Gasteiger partial charge in [0, 0.05) is 29.5 Å². The van der Waals surface area contributed by atoms with E-state index >= 15 is 0 Å². The minimum absolute atomic E-state index is 0.471. The molecule has 6 heteroatoms. The summed E-state index contributed by atoms with van der Waals surface area (Å²) in [6.07, 6.45) is 7.35. The summed E-state index contributed by atoms with van der Waals surface area (Å²) in [7, 11) is 0. The molecule has 0 saturated carbocycles. The molecule has 0 fully saturated rings. The summed E-state index contributed by atoms with van der Waals surface area (Å²) in [5.74, 6) is 3.03. The van der Waals surface area contributed by atoms with Crippen molar-refractivity contribution in [3.63, 3.8) is 0 Å². The van der Waals surface area contributed by atoms with Gasteiger partial charge in [-0.1, -0.05) is 24.3 Å². The van der Waals surface area contributed by atoms with Gasteiger partial charge >= 0.3 is 0 Å². The SMILES string of the molecule is NSc1ccc2c(c1)OCCCO2.OC1=CC(Cc2cc3ccccc3o2)=CCC1. The van der Waals surface area contributed by atoms with Crippen LogP contribution in [0, 0.1) is 0 Å². The molecule has 0 radical (unpaired) electrons. The van der Waals surface area contributed by atoms with Crippen molar-refractivity contribution in [3.05, 3.63) is 77.8 Å². The van der Waals surface area contributed by atoms with E-state index in [1.165, 1.54) is 11.9 Å². The molecule has 3 N–H and O–H groups in total. The van der Waals surface area contributed by atoms with Gasteiger partial charge in [-0.25, -0.2) is 0 Å². The van der Waals surface area contributed by atoms with E-state index in [-0.39, 0.29) is 0 Å². The Morgan fingerprint density at radius 1 is 1.00 bits per heavy atom. The van der Waals surface area contributed by atoms with Gasteiger partial charge in [0.2, 0.25) is 0 Å². The van der Waals surface area contributed by atoms with Gasteiger partial charge in [0.1, 0.15) is 11.3 Å². The first-order valence-electron chi connectivity index (χ1n) is 10.0. The van der Waals surface area contributed by atoms with Crippen molar-refractivity contribution in [2.45, 2.75) is 30.6 Å². The number of allylic oxidation sites excluding steroid dienone is 4. The van der Waals surface area contributed by atoms with Crippen molar-refractivity contribution < 1.29 is 19.0 Å². The molecule has 2 heterocycles. The highest BCUT2D eigenvalue weighted by molar-refractivity contribution is 7.97. The van der Waals surface area contributed by atoms with Crippen LogP contribution in [-0.4, -0.2) is 18.3 Å². The van der Waals surface area contributed by atoms with Crippen LogP contribution in [0.25, 0.3) is 11.0 Å². The molecule has 3 aromatic rings. The number of hydrogen-bond acceptors (Lipinski definition) is 6. The highest BCUT2D eigenvalue weighted by Gasteiger charge is 2.10. The Morgan fingerprint density at radius 2 is 1.83 bits per heavy atom. The second-order valence-corrected chi connectivity index (χ2v) is 7.86. The lowest BCUT2D eigenvalue weighted by molar-refractivity contribution is 0.297. The molecule has 156 valence electrons. The first-order valence-corrected chi connectivity index (χ1v) is 10.9. The van der Waals surface area contributed by atoms with Gasteiger partial charge in [-0.3, -0.25) is 5.14 Å². The van der Waals surface area contributed by atoms with Crippen LogP contribution in [0.3, 0.4) is 0 Å². The molecule has 1 aromatic heterocycles. The van der Waals surface area contributed by atoms with Gasteiger partial charge < -0.3 is 19.0 Å². The molecule has 1 aliphatic carbocycles. The Kier molecular flexibility index (Phi) is 6.67. The first kappa shape index (κ1) is 20.4. The Balaban J connectivity index is 0.000000151. The molecular weight excluding hydrogens is 398 g/mol. The van der Waals surface area contributed by atoms with Crippen molar-refractivity contribution in [1.82, 2.24) is 0 Å². The van der Waals surface area contributed by atoms with Crippen LogP contribution in [0.4, 0.5) is 0 Å². The highest BCUT2D eigenvalue weighted by atomic mass is 32.2. The fourth-order valence-corrected chi connectivity index (χ4v) is 3.74. The Hall–Kier alpha value is -2.83. The smallest absolute Gasteiger partial charge is 0.162 e. The number of hydrogen-bond donors (Lipinski definition) is 2. The van der Waals surface area contributed by atoms with Crippen LogP contribution >= 0.6 is 11.9 Å². The fourth-order valence-electron chi connectivity index (χ4n) is 3.42. The quantitative estimate of drug-likeness (QED) is 0.507. The third kappa shape index (κ3) is 5.20. The molecule has 5 rings (SSSR count). The molecule has 0 saturated heterocycles. The Labute approximate surface area is 180 Å². The number of furan rings is 1. The number of fused-ring (bicyclic) bond motifs is 2. The summed E-state index contributed by atoms with van der Waals surface area (Å²) in [5.41, 5.74) is 2.06. The summed E-state index contributed by atoms with van der Waals surface area (Å²) in [6.45, 7) is 1.44. The number of aliphatic hydroxyl groups excluding tert-OH is 1. The van der Waals surface area contributed by atoms with Gasteiger partial charge in [-0.15, -0.1) is 0 Å². The van der Waals surface area contributed by atoms with E-state index < -0.39 is 0 Å². The number of ether oxygens (including phenoxy) is 2. The Bertz CT molecular complexity index is 1040. The molecule has 0 bridgehead atoms.